The monoisotopic (exact) mass is 281 g/mol. The Morgan fingerprint density at radius 2 is 2.32 bits per heavy atom. The summed E-state index contributed by atoms with van der Waals surface area (Å²) < 4.78 is 1.75. The van der Waals surface area contributed by atoms with Crippen molar-refractivity contribution in [2.24, 2.45) is 5.92 Å². The van der Waals surface area contributed by atoms with Gasteiger partial charge < -0.3 is 9.88 Å². The minimum atomic E-state index is 0.00352. The molecule has 0 amide bonds. The van der Waals surface area contributed by atoms with Crippen molar-refractivity contribution >= 4 is 17.6 Å². The molecule has 1 aromatic heterocycles. The molecular weight excluding hydrogens is 258 g/mol. The molecule has 5 heteroatoms. The molecule has 0 bridgehead atoms. The topological polar surface area (TPSA) is 46.9 Å². The molecule has 1 heterocycles. The van der Waals surface area contributed by atoms with Gasteiger partial charge in [0.1, 0.15) is 0 Å². The number of aromatic nitrogens is 2. The summed E-state index contributed by atoms with van der Waals surface area (Å²) in [5.41, 5.74) is 0.00352. The highest BCUT2D eigenvalue weighted by Gasteiger charge is 2.24. The lowest BCUT2D eigenvalue weighted by Crippen LogP contribution is -2.29. The van der Waals surface area contributed by atoms with E-state index < -0.39 is 0 Å². The van der Waals surface area contributed by atoms with E-state index in [9.17, 15) is 4.79 Å². The molecule has 2 unspecified atom stereocenters. The van der Waals surface area contributed by atoms with Crippen molar-refractivity contribution in [3.8, 4) is 0 Å². The van der Waals surface area contributed by atoms with Gasteiger partial charge in [0.25, 0.3) is 5.56 Å². The largest absolute Gasteiger partial charge is 0.363 e. The quantitative estimate of drug-likeness (QED) is 0.901. The highest BCUT2D eigenvalue weighted by molar-refractivity contribution is 7.99. The van der Waals surface area contributed by atoms with Crippen molar-refractivity contribution in [3.05, 3.63) is 22.7 Å². The van der Waals surface area contributed by atoms with E-state index in [1.807, 2.05) is 11.8 Å². The molecule has 0 spiro atoms. The third-order valence-corrected chi connectivity index (χ3v) is 4.63. The first kappa shape index (κ1) is 14.4. The van der Waals surface area contributed by atoms with E-state index in [4.69, 9.17) is 0 Å². The SMILES string of the molecule is CSC1CCC(Nc2nccn(CC(C)C)c2=O)C1. The van der Waals surface area contributed by atoms with Crippen molar-refractivity contribution in [2.45, 2.75) is 50.9 Å². The Balaban J connectivity index is 2.07. The first-order chi connectivity index (χ1) is 9.10. The maximum Gasteiger partial charge on any atom is 0.293 e. The van der Waals surface area contributed by atoms with Crippen LogP contribution in [0.4, 0.5) is 5.82 Å². The van der Waals surface area contributed by atoms with Crippen LogP contribution < -0.4 is 10.9 Å². The Labute approximate surface area is 119 Å². The van der Waals surface area contributed by atoms with E-state index in [2.05, 4.69) is 30.4 Å². The van der Waals surface area contributed by atoms with E-state index in [1.165, 1.54) is 6.42 Å². The number of hydrogen-bond donors (Lipinski definition) is 1. The molecule has 1 N–H and O–H groups in total. The summed E-state index contributed by atoms with van der Waals surface area (Å²) in [7, 11) is 0. The first-order valence-electron chi connectivity index (χ1n) is 6.95. The van der Waals surface area contributed by atoms with Gasteiger partial charge >= 0.3 is 0 Å². The Morgan fingerprint density at radius 1 is 1.53 bits per heavy atom. The maximum absolute atomic E-state index is 12.3. The standard InChI is InChI=1S/C14H23N3OS/c1-10(2)9-17-7-6-15-13(14(17)18)16-11-4-5-12(8-11)19-3/h6-7,10-12H,4-5,8-9H2,1-3H3,(H,15,16). The molecule has 1 aliphatic carbocycles. The molecule has 1 aliphatic rings. The zero-order valence-corrected chi connectivity index (χ0v) is 12.7. The number of thioether (sulfide) groups is 1. The van der Waals surface area contributed by atoms with Crippen LogP contribution in [-0.2, 0) is 6.54 Å². The number of rotatable bonds is 5. The molecule has 1 saturated carbocycles. The van der Waals surface area contributed by atoms with E-state index in [1.54, 1.807) is 17.0 Å². The van der Waals surface area contributed by atoms with Crippen LogP contribution in [0, 0.1) is 5.92 Å². The van der Waals surface area contributed by atoms with Gasteiger partial charge in [0.2, 0.25) is 0 Å². The van der Waals surface area contributed by atoms with Gasteiger partial charge in [-0.2, -0.15) is 11.8 Å². The second-order valence-corrected chi connectivity index (χ2v) is 6.78. The van der Waals surface area contributed by atoms with Crippen molar-refractivity contribution in [3.63, 3.8) is 0 Å². The van der Waals surface area contributed by atoms with Crippen LogP contribution in [0.5, 0.6) is 0 Å². The molecule has 19 heavy (non-hydrogen) atoms. The smallest absolute Gasteiger partial charge is 0.293 e. The summed E-state index contributed by atoms with van der Waals surface area (Å²) in [6, 6.07) is 0.396. The average molecular weight is 281 g/mol. The van der Waals surface area contributed by atoms with E-state index in [0.29, 0.717) is 17.8 Å². The van der Waals surface area contributed by atoms with Crippen LogP contribution in [0.25, 0.3) is 0 Å². The van der Waals surface area contributed by atoms with E-state index in [-0.39, 0.29) is 5.56 Å². The Bertz CT molecular complexity index is 472. The molecular formula is C14H23N3OS. The molecule has 1 aromatic rings. The van der Waals surface area contributed by atoms with Crippen molar-refractivity contribution in [2.75, 3.05) is 11.6 Å². The molecule has 0 saturated heterocycles. The predicted octanol–water partition coefficient (Wildman–Crippen LogP) is 2.60. The minimum Gasteiger partial charge on any atom is -0.363 e. The van der Waals surface area contributed by atoms with Crippen LogP contribution in [0.3, 0.4) is 0 Å². The molecule has 4 nitrogen and oxygen atoms in total. The van der Waals surface area contributed by atoms with Crippen LogP contribution in [0.2, 0.25) is 0 Å². The molecule has 2 rings (SSSR count). The summed E-state index contributed by atoms with van der Waals surface area (Å²) in [5, 5.41) is 4.05. The minimum absolute atomic E-state index is 0.00352. The maximum atomic E-state index is 12.3. The Hall–Kier alpha value is -0.970. The van der Waals surface area contributed by atoms with Crippen molar-refractivity contribution in [1.82, 2.24) is 9.55 Å². The van der Waals surface area contributed by atoms with Crippen LogP contribution in [0.15, 0.2) is 17.2 Å². The lowest BCUT2D eigenvalue weighted by Gasteiger charge is -2.15. The van der Waals surface area contributed by atoms with Gasteiger partial charge in [0, 0.05) is 30.2 Å². The molecule has 1 fully saturated rings. The van der Waals surface area contributed by atoms with Gasteiger partial charge in [0.05, 0.1) is 0 Å². The number of nitrogens with zero attached hydrogens (tertiary/aromatic N) is 2. The summed E-state index contributed by atoms with van der Waals surface area (Å²) in [4.78, 5) is 16.5. The Morgan fingerprint density at radius 3 is 2.95 bits per heavy atom. The van der Waals surface area contributed by atoms with Crippen LogP contribution in [-0.4, -0.2) is 27.1 Å². The second-order valence-electron chi connectivity index (χ2n) is 5.64. The lowest BCUT2D eigenvalue weighted by atomic mass is 10.2. The second kappa shape index (κ2) is 6.46. The molecule has 0 aromatic carbocycles. The van der Waals surface area contributed by atoms with E-state index >= 15 is 0 Å². The first-order valence-corrected chi connectivity index (χ1v) is 8.23. The fourth-order valence-corrected chi connectivity index (χ4v) is 3.36. The summed E-state index contributed by atoms with van der Waals surface area (Å²) >= 11 is 1.92. The van der Waals surface area contributed by atoms with Gasteiger partial charge in [-0.15, -0.1) is 0 Å². The third-order valence-electron chi connectivity index (χ3n) is 3.53. The zero-order valence-electron chi connectivity index (χ0n) is 11.9. The zero-order chi connectivity index (χ0) is 13.8. The predicted molar refractivity (Wildman–Crippen MR) is 81.9 cm³/mol. The van der Waals surface area contributed by atoms with Gasteiger partial charge in [-0.05, 0) is 31.4 Å². The lowest BCUT2D eigenvalue weighted by molar-refractivity contribution is 0.509. The highest BCUT2D eigenvalue weighted by Crippen LogP contribution is 2.29. The molecule has 0 radical (unpaired) electrons. The van der Waals surface area contributed by atoms with Crippen molar-refractivity contribution < 1.29 is 0 Å². The molecule has 0 aliphatic heterocycles. The average Bonchev–Trinajstić information content (AvgIpc) is 2.81. The number of nitrogens with one attached hydrogen (secondary N) is 1. The van der Waals surface area contributed by atoms with Gasteiger partial charge in [0.15, 0.2) is 5.82 Å². The summed E-state index contributed by atoms with van der Waals surface area (Å²) in [5.74, 6) is 0.968. The normalized spacial score (nSPS) is 22.9. The van der Waals surface area contributed by atoms with E-state index in [0.717, 1.165) is 24.6 Å². The molecule has 106 valence electrons. The van der Waals surface area contributed by atoms with Gasteiger partial charge in [-0.3, -0.25) is 4.79 Å². The Kier molecular flexibility index (Phi) is 4.91. The van der Waals surface area contributed by atoms with Gasteiger partial charge in [-0.25, -0.2) is 4.98 Å². The highest BCUT2D eigenvalue weighted by atomic mass is 32.2. The van der Waals surface area contributed by atoms with Crippen LogP contribution in [0.1, 0.15) is 33.1 Å². The number of anilines is 1. The van der Waals surface area contributed by atoms with Crippen LogP contribution >= 0.6 is 11.8 Å². The fraction of sp³-hybridized carbons (Fsp3) is 0.714. The third kappa shape index (κ3) is 3.75. The summed E-state index contributed by atoms with van der Waals surface area (Å²) in [6.07, 6.45) is 9.13. The van der Waals surface area contributed by atoms with Crippen molar-refractivity contribution in [1.29, 1.82) is 0 Å². The summed E-state index contributed by atoms with van der Waals surface area (Å²) in [6.45, 7) is 4.97. The van der Waals surface area contributed by atoms with Gasteiger partial charge in [-0.1, -0.05) is 13.8 Å². The molecule has 2 atom stereocenters. The fourth-order valence-electron chi connectivity index (χ4n) is 2.56. The number of hydrogen-bond acceptors (Lipinski definition) is 4.